The normalized spacial score (nSPS) is 16.6. The second kappa shape index (κ2) is 4.34. The number of hydrogen-bond acceptors (Lipinski definition) is 3. The van der Waals surface area contributed by atoms with E-state index in [1.165, 1.54) is 0 Å². The van der Waals surface area contributed by atoms with Crippen LogP contribution in [0, 0.1) is 0 Å². The molecule has 0 unspecified atom stereocenters. The van der Waals surface area contributed by atoms with E-state index in [0.717, 1.165) is 17.2 Å². The molecule has 4 nitrogen and oxygen atoms in total. The molecule has 1 aliphatic heterocycles. The van der Waals surface area contributed by atoms with E-state index in [1.54, 1.807) is 0 Å². The van der Waals surface area contributed by atoms with Crippen molar-refractivity contribution in [2.24, 2.45) is 0 Å². The fourth-order valence-electron chi connectivity index (χ4n) is 1.63. The first-order valence-corrected chi connectivity index (χ1v) is 5.63. The zero-order valence-electron chi connectivity index (χ0n) is 8.79. The molecule has 0 bridgehead atoms. The summed E-state index contributed by atoms with van der Waals surface area (Å²) >= 11 is 2.89. The minimum atomic E-state index is -4.64. The maximum atomic E-state index is 12.8. The van der Waals surface area contributed by atoms with Gasteiger partial charge in [-0.3, -0.25) is 14.5 Å². The number of pyridine rings is 1. The Balaban J connectivity index is 2.51. The van der Waals surface area contributed by atoms with Crippen LogP contribution in [-0.2, 0) is 15.8 Å². The van der Waals surface area contributed by atoms with Gasteiger partial charge in [0, 0.05) is 10.7 Å². The van der Waals surface area contributed by atoms with Gasteiger partial charge in [-0.25, -0.2) is 4.98 Å². The van der Waals surface area contributed by atoms with Crippen LogP contribution in [-0.4, -0.2) is 23.2 Å². The van der Waals surface area contributed by atoms with Crippen LogP contribution in [0.2, 0.25) is 0 Å². The molecule has 1 saturated heterocycles. The van der Waals surface area contributed by atoms with Crippen molar-refractivity contribution in [1.82, 2.24) is 4.98 Å². The predicted molar refractivity (Wildman–Crippen MR) is 58.9 cm³/mol. The lowest BCUT2D eigenvalue weighted by Crippen LogP contribution is -2.28. The largest absolute Gasteiger partial charge is 0.420 e. The van der Waals surface area contributed by atoms with Gasteiger partial charge in [-0.15, -0.1) is 0 Å². The summed E-state index contributed by atoms with van der Waals surface area (Å²) in [5.74, 6) is -1.61. The van der Waals surface area contributed by atoms with Gasteiger partial charge >= 0.3 is 6.18 Å². The highest BCUT2D eigenvalue weighted by Crippen LogP contribution is 2.37. The SMILES string of the molecule is O=C1CC(=O)N(c2ncc(Br)cc2C(F)(F)F)C1. The number of carbonyl (C=O) groups excluding carboxylic acids is 2. The molecule has 2 rings (SSSR count). The molecule has 0 N–H and O–H groups in total. The number of amides is 1. The fourth-order valence-corrected chi connectivity index (χ4v) is 1.96. The van der Waals surface area contributed by atoms with Gasteiger partial charge in [0.2, 0.25) is 5.91 Å². The number of Topliss-reactive ketones (excluding diaryl/α,β-unsaturated/α-hetero) is 1. The molecule has 2 heterocycles. The van der Waals surface area contributed by atoms with E-state index >= 15 is 0 Å². The second-order valence-electron chi connectivity index (χ2n) is 3.72. The molecule has 0 aromatic carbocycles. The third kappa shape index (κ3) is 2.38. The number of anilines is 1. The molecule has 18 heavy (non-hydrogen) atoms. The predicted octanol–water partition coefficient (Wildman–Crippen LogP) is 2.17. The van der Waals surface area contributed by atoms with Crippen LogP contribution in [0.15, 0.2) is 16.7 Å². The molecular weight excluding hydrogens is 317 g/mol. The van der Waals surface area contributed by atoms with Crippen LogP contribution in [0.5, 0.6) is 0 Å². The molecule has 0 spiro atoms. The Morgan fingerprint density at radius 1 is 1.33 bits per heavy atom. The molecule has 0 saturated carbocycles. The van der Waals surface area contributed by atoms with Crippen molar-refractivity contribution >= 4 is 33.4 Å². The number of alkyl halides is 3. The van der Waals surface area contributed by atoms with Gasteiger partial charge in [-0.1, -0.05) is 0 Å². The van der Waals surface area contributed by atoms with E-state index in [2.05, 4.69) is 20.9 Å². The minimum Gasteiger partial charge on any atom is -0.297 e. The summed E-state index contributed by atoms with van der Waals surface area (Å²) in [7, 11) is 0. The lowest BCUT2D eigenvalue weighted by Gasteiger charge is -2.19. The van der Waals surface area contributed by atoms with Crippen LogP contribution < -0.4 is 4.90 Å². The number of nitrogens with zero attached hydrogens (tertiary/aromatic N) is 2. The van der Waals surface area contributed by atoms with E-state index in [4.69, 9.17) is 0 Å². The Kier molecular flexibility index (Phi) is 3.14. The standard InChI is InChI=1S/C10H6BrF3N2O2/c11-5-1-7(10(12,13)14)9(15-3-5)16-4-6(17)2-8(16)18/h1,3H,2,4H2. The summed E-state index contributed by atoms with van der Waals surface area (Å²) in [6.45, 7) is -0.365. The first-order chi connectivity index (χ1) is 8.29. The molecular formula is C10H6BrF3N2O2. The number of ketones is 1. The summed E-state index contributed by atoms with van der Waals surface area (Å²) in [6, 6.07) is 0.832. The molecule has 1 fully saturated rings. The van der Waals surface area contributed by atoms with Crippen LogP contribution >= 0.6 is 15.9 Å². The third-order valence-corrected chi connectivity index (χ3v) is 2.81. The molecule has 1 aromatic heterocycles. The molecule has 8 heteroatoms. The Labute approximate surface area is 108 Å². The molecule has 1 aliphatic rings. The van der Waals surface area contributed by atoms with Crippen LogP contribution in [0.4, 0.5) is 19.0 Å². The van der Waals surface area contributed by atoms with Gasteiger partial charge in [0.25, 0.3) is 0 Å². The van der Waals surface area contributed by atoms with E-state index < -0.39 is 29.2 Å². The summed E-state index contributed by atoms with van der Waals surface area (Å²) in [4.78, 5) is 26.9. The number of carbonyl (C=O) groups is 2. The van der Waals surface area contributed by atoms with Gasteiger partial charge < -0.3 is 0 Å². The molecule has 0 radical (unpaired) electrons. The molecule has 0 aliphatic carbocycles. The Bertz CT molecular complexity index is 530. The third-order valence-electron chi connectivity index (χ3n) is 2.38. The Morgan fingerprint density at radius 3 is 2.50 bits per heavy atom. The number of rotatable bonds is 1. The summed E-state index contributed by atoms with van der Waals surface area (Å²) in [5, 5.41) is 0. The van der Waals surface area contributed by atoms with Crippen molar-refractivity contribution in [3.8, 4) is 0 Å². The lowest BCUT2D eigenvalue weighted by molar-refractivity contribution is -0.137. The smallest absolute Gasteiger partial charge is 0.297 e. The van der Waals surface area contributed by atoms with Crippen LogP contribution in [0.3, 0.4) is 0 Å². The molecule has 1 aromatic rings. The first kappa shape index (κ1) is 13.0. The number of aromatic nitrogens is 1. The van der Waals surface area contributed by atoms with Gasteiger partial charge in [0.05, 0.1) is 18.5 Å². The fraction of sp³-hybridized carbons (Fsp3) is 0.300. The molecule has 96 valence electrons. The average Bonchev–Trinajstić information content (AvgIpc) is 2.56. The number of hydrogen-bond donors (Lipinski definition) is 0. The van der Waals surface area contributed by atoms with Crippen molar-refractivity contribution in [3.05, 3.63) is 22.3 Å². The lowest BCUT2D eigenvalue weighted by atomic mass is 10.2. The highest BCUT2D eigenvalue weighted by atomic mass is 79.9. The minimum absolute atomic E-state index is 0.150. The zero-order valence-corrected chi connectivity index (χ0v) is 10.4. The zero-order chi connectivity index (χ0) is 13.5. The van der Waals surface area contributed by atoms with Crippen molar-refractivity contribution in [3.63, 3.8) is 0 Å². The van der Waals surface area contributed by atoms with Crippen molar-refractivity contribution in [2.45, 2.75) is 12.6 Å². The summed E-state index contributed by atoms with van der Waals surface area (Å²) in [5.41, 5.74) is -1.04. The molecule has 1 amide bonds. The van der Waals surface area contributed by atoms with E-state index in [0.29, 0.717) is 0 Å². The summed E-state index contributed by atoms with van der Waals surface area (Å²) in [6.07, 6.45) is -3.87. The quantitative estimate of drug-likeness (QED) is 0.744. The van der Waals surface area contributed by atoms with Crippen molar-refractivity contribution in [2.75, 3.05) is 11.4 Å². The highest BCUT2D eigenvalue weighted by Gasteiger charge is 2.39. The highest BCUT2D eigenvalue weighted by molar-refractivity contribution is 9.10. The van der Waals surface area contributed by atoms with Crippen molar-refractivity contribution < 1.29 is 22.8 Å². The van der Waals surface area contributed by atoms with Gasteiger partial charge in [-0.05, 0) is 22.0 Å². The van der Waals surface area contributed by atoms with Gasteiger partial charge in [0.15, 0.2) is 5.78 Å². The maximum Gasteiger partial charge on any atom is 0.420 e. The van der Waals surface area contributed by atoms with Gasteiger partial charge in [0.1, 0.15) is 5.82 Å². The number of halogens is 4. The Morgan fingerprint density at radius 2 is 2.00 bits per heavy atom. The van der Waals surface area contributed by atoms with Crippen molar-refractivity contribution in [1.29, 1.82) is 0 Å². The van der Waals surface area contributed by atoms with E-state index in [9.17, 15) is 22.8 Å². The second-order valence-corrected chi connectivity index (χ2v) is 4.63. The Hall–Kier alpha value is -1.44. The van der Waals surface area contributed by atoms with Crippen LogP contribution in [0.1, 0.15) is 12.0 Å². The van der Waals surface area contributed by atoms with Gasteiger partial charge in [-0.2, -0.15) is 13.2 Å². The maximum absolute atomic E-state index is 12.8. The monoisotopic (exact) mass is 322 g/mol. The van der Waals surface area contributed by atoms with E-state index in [-0.39, 0.29) is 17.4 Å². The average molecular weight is 323 g/mol. The summed E-state index contributed by atoms with van der Waals surface area (Å²) < 4.78 is 38.6. The van der Waals surface area contributed by atoms with E-state index in [1.807, 2.05) is 0 Å². The van der Waals surface area contributed by atoms with Crippen LogP contribution in [0.25, 0.3) is 0 Å². The topological polar surface area (TPSA) is 50.3 Å². The first-order valence-electron chi connectivity index (χ1n) is 4.84. The molecule has 0 atom stereocenters.